The van der Waals surface area contributed by atoms with Gasteiger partial charge in [-0.1, -0.05) is 85.6 Å². The summed E-state index contributed by atoms with van der Waals surface area (Å²) in [6.45, 7) is 2.05. The van der Waals surface area contributed by atoms with Gasteiger partial charge in [-0.2, -0.15) is 0 Å². The largest absolute Gasteiger partial charge is 0.354 e. The van der Waals surface area contributed by atoms with Crippen LogP contribution in [0.3, 0.4) is 0 Å². The molecule has 0 spiro atoms. The van der Waals surface area contributed by atoms with Crippen molar-refractivity contribution in [3.8, 4) is 0 Å². The van der Waals surface area contributed by atoms with Crippen LogP contribution in [-0.4, -0.2) is 50.5 Å². The van der Waals surface area contributed by atoms with Crippen LogP contribution in [0.1, 0.15) is 30.9 Å². The molecule has 0 unspecified atom stereocenters. The van der Waals surface area contributed by atoms with Crippen molar-refractivity contribution in [1.29, 1.82) is 0 Å². The molecule has 0 saturated carbocycles. The topological polar surface area (TPSA) is 86.8 Å². The second-order valence-electron chi connectivity index (χ2n) is 9.18. The van der Waals surface area contributed by atoms with E-state index in [-0.39, 0.29) is 18.9 Å². The molecule has 10 heteroatoms. The van der Waals surface area contributed by atoms with Crippen LogP contribution in [0.2, 0.25) is 5.02 Å². The van der Waals surface area contributed by atoms with Gasteiger partial charge in [0.25, 0.3) is 0 Å². The molecular weight excluding hydrogens is 602 g/mol. The molecule has 3 aromatic rings. The van der Waals surface area contributed by atoms with Gasteiger partial charge in [0, 0.05) is 29.0 Å². The lowest BCUT2D eigenvalue weighted by molar-refractivity contribution is -0.140. The van der Waals surface area contributed by atoms with Crippen LogP contribution in [0.15, 0.2) is 83.3 Å². The molecule has 3 aromatic carbocycles. The number of rotatable bonds is 13. The molecule has 39 heavy (non-hydrogen) atoms. The van der Waals surface area contributed by atoms with E-state index in [0.717, 1.165) is 29.0 Å². The molecule has 0 saturated heterocycles. The molecule has 0 heterocycles. The number of nitrogens with zero attached hydrogens (tertiary/aromatic N) is 2. The van der Waals surface area contributed by atoms with Crippen molar-refractivity contribution >= 4 is 55.1 Å². The van der Waals surface area contributed by atoms with E-state index in [1.54, 1.807) is 48.5 Å². The van der Waals surface area contributed by atoms with E-state index in [1.165, 1.54) is 4.90 Å². The first-order chi connectivity index (χ1) is 18.6. The molecule has 7 nitrogen and oxygen atoms in total. The number of hydrogen-bond acceptors (Lipinski definition) is 4. The molecule has 0 radical (unpaired) electrons. The Hall–Kier alpha value is -2.88. The Balaban J connectivity index is 2.05. The number of carbonyl (C=O) groups excluding carboxylic acids is 2. The Morgan fingerprint density at radius 1 is 0.974 bits per heavy atom. The van der Waals surface area contributed by atoms with Gasteiger partial charge in [-0.05, 0) is 51.7 Å². The third-order valence-corrected chi connectivity index (χ3v) is 8.37. The minimum absolute atomic E-state index is 0.0325. The molecule has 0 aliphatic carbocycles. The van der Waals surface area contributed by atoms with Crippen LogP contribution in [0.5, 0.6) is 0 Å². The Kier molecular flexibility index (Phi) is 11.4. The quantitative estimate of drug-likeness (QED) is 0.254. The molecule has 3 rings (SSSR count). The second-order valence-corrected chi connectivity index (χ2v) is 12.4. The van der Waals surface area contributed by atoms with Crippen molar-refractivity contribution in [1.82, 2.24) is 10.2 Å². The summed E-state index contributed by atoms with van der Waals surface area (Å²) < 4.78 is 27.3. The fourth-order valence-corrected chi connectivity index (χ4v) is 5.79. The van der Waals surface area contributed by atoms with Crippen molar-refractivity contribution in [2.24, 2.45) is 0 Å². The SMILES string of the molecule is CCCCNC(=O)[C@@H](Cc1ccccc1)N(Cc1ccccc1Cl)C(=O)CN(c1ccccc1Br)S(C)(=O)=O. The Morgan fingerprint density at radius 3 is 2.26 bits per heavy atom. The smallest absolute Gasteiger partial charge is 0.244 e. The van der Waals surface area contributed by atoms with Gasteiger partial charge in [-0.15, -0.1) is 0 Å². The zero-order chi connectivity index (χ0) is 28.4. The van der Waals surface area contributed by atoms with Gasteiger partial charge in [-0.25, -0.2) is 8.42 Å². The van der Waals surface area contributed by atoms with Gasteiger partial charge >= 0.3 is 0 Å². The molecule has 0 fully saturated rings. The van der Waals surface area contributed by atoms with Crippen LogP contribution in [0.4, 0.5) is 5.69 Å². The number of carbonyl (C=O) groups is 2. The maximum Gasteiger partial charge on any atom is 0.244 e. The van der Waals surface area contributed by atoms with Gasteiger partial charge in [-0.3, -0.25) is 13.9 Å². The molecule has 1 N–H and O–H groups in total. The molecule has 2 amide bonds. The molecular formula is C29H33BrClN3O4S. The van der Waals surface area contributed by atoms with Crippen molar-refractivity contribution < 1.29 is 18.0 Å². The fraction of sp³-hybridized carbons (Fsp3) is 0.310. The molecule has 0 aromatic heterocycles. The number of benzene rings is 3. The number of anilines is 1. The van der Waals surface area contributed by atoms with E-state index < -0.39 is 28.5 Å². The molecule has 208 valence electrons. The molecule has 0 aliphatic heterocycles. The predicted molar refractivity (Wildman–Crippen MR) is 160 cm³/mol. The van der Waals surface area contributed by atoms with Gasteiger partial charge in [0.05, 0.1) is 11.9 Å². The van der Waals surface area contributed by atoms with E-state index in [9.17, 15) is 18.0 Å². The number of halogens is 2. The normalized spacial score (nSPS) is 12.0. The minimum atomic E-state index is -3.84. The maximum absolute atomic E-state index is 14.0. The summed E-state index contributed by atoms with van der Waals surface area (Å²) in [5.74, 6) is -0.831. The van der Waals surface area contributed by atoms with E-state index in [4.69, 9.17) is 11.6 Å². The van der Waals surface area contributed by atoms with Gasteiger partial charge in [0.1, 0.15) is 12.6 Å². The average Bonchev–Trinajstić information content (AvgIpc) is 2.90. The van der Waals surface area contributed by atoms with E-state index >= 15 is 0 Å². The monoisotopic (exact) mass is 633 g/mol. The summed E-state index contributed by atoms with van der Waals surface area (Å²) >= 11 is 9.86. The van der Waals surface area contributed by atoms with E-state index in [2.05, 4.69) is 21.2 Å². The first-order valence-corrected chi connectivity index (χ1v) is 15.7. The first kappa shape index (κ1) is 30.7. The average molecular weight is 635 g/mol. The Morgan fingerprint density at radius 2 is 1.62 bits per heavy atom. The summed E-state index contributed by atoms with van der Waals surface area (Å²) in [7, 11) is -3.84. The number of para-hydroxylation sites is 1. The third kappa shape index (κ3) is 8.81. The van der Waals surface area contributed by atoms with Gasteiger partial charge in [0.2, 0.25) is 21.8 Å². The Labute approximate surface area is 244 Å². The van der Waals surface area contributed by atoms with Crippen LogP contribution >= 0.6 is 27.5 Å². The van der Waals surface area contributed by atoms with Crippen LogP contribution < -0.4 is 9.62 Å². The molecule has 1 atom stereocenters. The lowest BCUT2D eigenvalue weighted by Gasteiger charge is -2.34. The summed E-state index contributed by atoms with van der Waals surface area (Å²) in [5, 5.41) is 3.41. The molecule has 0 aliphatic rings. The highest BCUT2D eigenvalue weighted by molar-refractivity contribution is 9.10. The lowest BCUT2D eigenvalue weighted by atomic mass is 10.0. The van der Waals surface area contributed by atoms with Crippen LogP contribution in [-0.2, 0) is 32.6 Å². The van der Waals surface area contributed by atoms with Crippen molar-refractivity contribution in [3.05, 3.63) is 99.5 Å². The number of amides is 2. The lowest BCUT2D eigenvalue weighted by Crippen LogP contribution is -2.53. The summed E-state index contributed by atoms with van der Waals surface area (Å²) in [6.07, 6.45) is 3.01. The maximum atomic E-state index is 14.0. The van der Waals surface area contributed by atoms with Crippen molar-refractivity contribution in [2.75, 3.05) is 23.7 Å². The zero-order valence-corrected chi connectivity index (χ0v) is 25.2. The van der Waals surface area contributed by atoms with Crippen LogP contribution in [0, 0.1) is 0 Å². The molecule has 0 bridgehead atoms. The minimum Gasteiger partial charge on any atom is -0.354 e. The highest BCUT2D eigenvalue weighted by Crippen LogP contribution is 2.28. The fourth-order valence-electron chi connectivity index (χ4n) is 4.12. The van der Waals surface area contributed by atoms with Crippen molar-refractivity contribution in [2.45, 2.75) is 38.8 Å². The van der Waals surface area contributed by atoms with Crippen LogP contribution in [0.25, 0.3) is 0 Å². The standard InChI is InChI=1S/C29H33BrClN3O4S/c1-3-4-18-32-29(36)27(19-22-12-6-5-7-13-22)33(20-23-14-8-10-16-25(23)31)28(35)21-34(39(2,37)38)26-17-11-9-15-24(26)30/h5-17,27H,3-4,18-21H2,1-2H3,(H,32,36)/t27-/m1/s1. The van der Waals surface area contributed by atoms with Gasteiger partial charge in [0.15, 0.2) is 0 Å². The number of hydrogen-bond donors (Lipinski definition) is 1. The summed E-state index contributed by atoms with van der Waals surface area (Å²) in [4.78, 5) is 29.1. The van der Waals surface area contributed by atoms with E-state index in [1.807, 2.05) is 37.3 Å². The first-order valence-electron chi connectivity index (χ1n) is 12.7. The highest BCUT2D eigenvalue weighted by Gasteiger charge is 2.33. The third-order valence-electron chi connectivity index (χ3n) is 6.20. The number of nitrogens with one attached hydrogen (secondary N) is 1. The highest BCUT2D eigenvalue weighted by atomic mass is 79.9. The number of unbranched alkanes of at least 4 members (excludes halogenated alkanes) is 1. The predicted octanol–water partition coefficient (Wildman–Crippen LogP) is 5.42. The van der Waals surface area contributed by atoms with Gasteiger partial charge < -0.3 is 10.2 Å². The summed E-state index contributed by atoms with van der Waals surface area (Å²) in [6, 6.07) is 22.4. The van der Waals surface area contributed by atoms with E-state index in [0.29, 0.717) is 27.3 Å². The summed E-state index contributed by atoms with van der Waals surface area (Å²) in [5.41, 5.74) is 1.85. The Bertz CT molecular complexity index is 1370. The second kappa shape index (κ2) is 14.5. The zero-order valence-electron chi connectivity index (χ0n) is 22.0. The number of sulfonamides is 1. The van der Waals surface area contributed by atoms with Crippen molar-refractivity contribution in [3.63, 3.8) is 0 Å².